The van der Waals surface area contributed by atoms with Crippen LogP contribution in [-0.4, -0.2) is 23.1 Å². The quantitative estimate of drug-likeness (QED) is 0.710. The molecule has 0 aromatic rings. The molecule has 1 atom stereocenters. The highest BCUT2D eigenvalue weighted by molar-refractivity contribution is 5.69. The van der Waals surface area contributed by atoms with E-state index in [-0.39, 0.29) is 18.0 Å². The van der Waals surface area contributed by atoms with Gasteiger partial charge in [0.2, 0.25) is 0 Å². The Bertz CT molecular complexity index is 222. The molecule has 0 aromatic carbocycles. The van der Waals surface area contributed by atoms with E-state index in [0.29, 0.717) is 0 Å². The Morgan fingerprint density at radius 2 is 1.67 bits per heavy atom. The topological polar surface area (TPSA) is 63.6 Å². The second-order valence-corrected chi connectivity index (χ2v) is 4.43. The number of hydrogen-bond donors (Lipinski definition) is 1. The smallest absolute Gasteiger partial charge is 0.306 e. The molecule has 1 unspecified atom stereocenters. The van der Waals surface area contributed by atoms with Gasteiger partial charge in [0.25, 0.3) is 0 Å². The van der Waals surface area contributed by atoms with E-state index in [4.69, 9.17) is 9.84 Å². The van der Waals surface area contributed by atoms with Crippen molar-refractivity contribution in [3.63, 3.8) is 0 Å². The molecule has 0 heterocycles. The predicted molar refractivity (Wildman–Crippen MR) is 72.5 cm³/mol. The summed E-state index contributed by atoms with van der Waals surface area (Å²) in [4.78, 5) is 20.6. The van der Waals surface area contributed by atoms with Crippen molar-refractivity contribution < 1.29 is 19.4 Å². The molecule has 0 aliphatic heterocycles. The Kier molecular flexibility index (Phi) is 13.3. The van der Waals surface area contributed by atoms with Gasteiger partial charge in [-0.05, 0) is 19.3 Å². The standard InChI is InChI=1S/2C7H14O2/c1-4-7(5-2)9-6(3)8;1-3-4-5-6(2)7(8)9/h7H,4-5H2,1-3H3;6H,3-5H2,1-2H3,(H,8,9). The van der Waals surface area contributed by atoms with Crippen molar-refractivity contribution in [2.45, 2.75) is 72.8 Å². The number of rotatable bonds is 7. The fraction of sp³-hybridized carbons (Fsp3) is 0.857. The van der Waals surface area contributed by atoms with E-state index in [1.165, 1.54) is 6.92 Å². The molecule has 0 spiro atoms. The lowest BCUT2D eigenvalue weighted by Gasteiger charge is -2.11. The van der Waals surface area contributed by atoms with Crippen LogP contribution >= 0.6 is 0 Å². The maximum Gasteiger partial charge on any atom is 0.306 e. The largest absolute Gasteiger partial charge is 0.481 e. The molecule has 0 radical (unpaired) electrons. The number of esters is 1. The van der Waals surface area contributed by atoms with Gasteiger partial charge in [-0.2, -0.15) is 0 Å². The molecule has 0 aliphatic rings. The van der Waals surface area contributed by atoms with E-state index in [1.807, 2.05) is 13.8 Å². The number of carbonyl (C=O) groups excluding carboxylic acids is 1. The van der Waals surface area contributed by atoms with E-state index >= 15 is 0 Å². The number of carboxylic acids is 1. The molecular weight excluding hydrogens is 232 g/mol. The zero-order chi connectivity index (χ0) is 14.6. The van der Waals surface area contributed by atoms with Gasteiger partial charge in [-0.3, -0.25) is 9.59 Å². The average Bonchev–Trinajstić information content (AvgIpc) is 2.33. The predicted octanol–water partition coefficient (Wildman–Crippen LogP) is 3.64. The van der Waals surface area contributed by atoms with E-state index in [9.17, 15) is 9.59 Å². The van der Waals surface area contributed by atoms with Crippen LogP contribution in [0.15, 0.2) is 0 Å². The number of aliphatic carboxylic acids is 1. The van der Waals surface area contributed by atoms with Crippen molar-refractivity contribution in [1.82, 2.24) is 0 Å². The molecule has 4 nitrogen and oxygen atoms in total. The highest BCUT2D eigenvalue weighted by Crippen LogP contribution is 2.06. The van der Waals surface area contributed by atoms with Gasteiger partial charge in [0.1, 0.15) is 6.10 Å². The van der Waals surface area contributed by atoms with Crippen molar-refractivity contribution in [2.75, 3.05) is 0 Å². The molecule has 0 rings (SSSR count). The summed E-state index contributed by atoms with van der Waals surface area (Å²) in [5, 5.41) is 8.41. The van der Waals surface area contributed by atoms with Crippen molar-refractivity contribution >= 4 is 11.9 Å². The van der Waals surface area contributed by atoms with Crippen molar-refractivity contribution in [1.29, 1.82) is 0 Å². The van der Waals surface area contributed by atoms with Crippen LogP contribution in [0.4, 0.5) is 0 Å². The molecule has 0 aromatic heterocycles. The third kappa shape index (κ3) is 13.0. The third-order valence-corrected chi connectivity index (χ3v) is 2.66. The van der Waals surface area contributed by atoms with Crippen molar-refractivity contribution in [2.24, 2.45) is 5.92 Å². The van der Waals surface area contributed by atoms with Crippen LogP contribution in [0.2, 0.25) is 0 Å². The second kappa shape index (κ2) is 12.4. The lowest BCUT2D eigenvalue weighted by molar-refractivity contribution is -0.146. The molecule has 4 heteroatoms. The summed E-state index contributed by atoms with van der Waals surface area (Å²) < 4.78 is 4.91. The minimum atomic E-state index is -0.677. The first-order valence-electron chi connectivity index (χ1n) is 6.78. The van der Waals surface area contributed by atoms with Gasteiger partial charge in [0.05, 0.1) is 5.92 Å². The zero-order valence-corrected chi connectivity index (χ0v) is 12.4. The van der Waals surface area contributed by atoms with Gasteiger partial charge < -0.3 is 9.84 Å². The molecule has 108 valence electrons. The fourth-order valence-corrected chi connectivity index (χ4v) is 1.32. The first kappa shape index (κ1) is 19.3. The monoisotopic (exact) mass is 260 g/mol. The Morgan fingerprint density at radius 3 is 1.89 bits per heavy atom. The molecule has 0 fully saturated rings. The van der Waals surface area contributed by atoms with Gasteiger partial charge in [-0.25, -0.2) is 0 Å². The number of ether oxygens (including phenoxy) is 1. The fourth-order valence-electron chi connectivity index (χ4n) is 1.32. The lowest BCUT2D eigenvalue weighted by Crippen LogP contribution is -2.13. The highest BCUT2D eigenvalue weighted by Gasteiger charge is 2.08. The molecule has 0 saturated carbocycles. The Morgan fingerprint density at radius 1 is 1.17 bits per heavy atom. The van der Waals surface area contributed by atoms with E-state index in [0.717, 1.165) is 32.1 Å². The van der Waals surface area contributed by atoms with Gasteiger partial charge in [-0.1, -0.05) is 40.5 Å². The first-order chi connectivity index (χ1) is 8.38. The summed E-state index contributed by atoms with van der Waals surface area (Å²) in [7, 11) is 0. The van der Waals surface area contributed by atoms with Crippen LogP contribution < -0.4 is 0 Å². The average molecular weight is 260 g/mol. The normalized spacial score (nSPS) is 11.4. The summed E-state index contributed by atoms with van der Waals surface area (Å²) in [6, 6.07) is 0. The summed E-state index contributed by atoms with van der Waals surface area (Å²) in [5.74, 6) is -1.02. The molecule has 0 saturated heterocycles. The van der Waals surface area contributed by atoms with Gasteiger partial charge in [0.15, 0.2) is 0 Å². The molecule has 1 N–H and O–H groups in total. The maximum absolute atomic E-state index is 10.3. The van der Waals surface area contributed by atoms with Crippen LogP contribution in [0.5, 0.6) is 0 Å². The number of carboxylic acid groups (broad SMARTS) is 1. The van der Waals surface area contributed by atoms with Crippen LogP contribution in [0.25, 0.3) is 0 Å². The summed E-state index contributed by atoms with van der Waals surface area (Å²) in [6.07, 6.45) is 4.87. The van der Waals surface area contributed by atoms with E-state index < -0.39 is 5.97 Å². The molecule has 0 bridgehead atoms. The van der Waals surface area contributed by atoms with Crippen molar-refractivity contribution in [3.8, 4) is 0 Å². The molecular formula is C14H28O4. The number of hydrogen-bond acceptors (Lipinski definition) is 3. The van der Waals surface area contributed by atoms with Crippen LogP contribution in [0.1, 0.15) is 66.7 Å². The minimum absolute atomic E-state index is 0.127. The van der Waals surface area contributed by atoms with Gasteiger partial charge in [0, 0.05) is 6.92 Å². The minimum Gasteiger partial charge on any atom is -0.481 e. The lowest BCUT2D eigenvalue weighted by atomic mass is 10.1. The third-order valence-electron chi connectivity index (χ3n) is 2.66. The first-order valence-corrected chi connectivity index (χ1v) is 6.78. The van der Waals surface area contributed by atoms with Crippen molar-refractivity contribution in [3.05, 3.63) is 0 Å². The summed E-state index contributed by atoms with van der Waals surface area (Å²) >= 11 is 0. The number of carbonyl (C=O) groups is 2. The summed E-state index contributed by atoms with van der Waals surface area (Å²) in [5.41, 5.74) is 0. The molecule has 18 heavy (non-hydrogen) atoms. The van der Waals surface area contributed by atoms with E-state index in [1.54, 1.807) is 6.92 Å². The Labute approximate surface area is 111 Å². The Hall–Kier alpha value is -1.06. The van der Waals surface area contributed by atoms with E-state index in [2.05, 4.69) is 6.92 Å². The molecule has 0 aliphatic carbocycles. The van der Waals surface area contributed by atoms with Crippen LogP contribution in [0, 0.1) is 5.92 Å². The molecule has 0 amide bonds. The Balaban J connectivity index is 0. The van der Waals surface area contributed by atoms with Crippen LogP contribution in [0.3, 0.4) is 0 Å². The van der Waals surface area contributed by atoms with Gasteiger partial charge >= 0.3 is 11.9 Å². The summed E-state index contributed by atoms with van der Waals surface area (Å²) in [6.45, 7) is 9.28. The van der Waals surface area contributed by atoms with Gasteiger partial charge in [-0.15, -0.1) is 0 Å². The second-order valence-electron chi connectivity index (χ2n) is 4.43. The number of unbranched alkanes of at least 4 members (excludes halogenated alkanes) is 1. The SMILES string of the molecule is CCC(CC)OC(C)=O.CCCCC(C)C(=O)O. The van der Waals surface area contributed by atoms with Crippen LogP contribution in [-0.2, 0) is 14.3 Å². The maximum atomic E-state index is 10.3. The highest BCUT2D eigenvalue weighted by atomic mass is 16.5. The zero-order valence-electron chi connectivity index (χ0n) is 12.4.